The van der Waals surface area contributed by atoms with Crippen molar-refractivity contribution in [1.82, 2.24) is 0 Å². The standard InChI is InChI=1S/C17H15ClFN3O2/c1-11(2)10-20-17(12-3-6-14(7-4-12)22(23)24)21-16-8-5-13(19)9-15(16)18/h3-11H,1-2H3/b20-10+,21-17?. The predicted octanol–water partition coefficient (Wildman–Crippen LogP) is 5.19. The Balaban J connectivity index is 2.47. The van der Waals surface area contributed by atoms with Crippen molar-refractivity contribution >= 4 is 35.0 Å². The number of hydrogen-bond acceptors (Lipinski definition) is 3. The Morgan fingerprint density at radius 1 is 1.25 bits per heavy atom. The van der Waals surface area contributed by atoms with Crippen LogP contribution in [-0.4, -0.2) is 17.0 Å². The van der Waals surface area contributed by atoms with Crippen LogP contribution in [0.1, 0.15) is 19.4 Å². The van der Waals surface area contributed by atoms with Crippen LogP contribution in [0.2, 0.25) is 5.02 Å². The molecule has 2 rings (SSSR count). The fourth-order valence-corrected chi connectivity index (χ4v) is 2.02. The minimum atomic E-state index is -0.477. The number of aliphatic imine (C=N–C) groups is 2. The second-order valence-electron chi connectivity index (χ2n) is 5.36. The van der Waals surface area contributed by atoms with E-state index >= 15 is 0 Å². The zero-order valence-electron chi connectivity index (χ0n) is 13.1. The van der Waals surface area contributed by atoms with Gasteiger partial charge < -0.3 is 0 Å². The molecule has 0 heterocycles. The van der Waals surface area contributed by atoms with E-state index in [-0.39, 0.29) is 16.6 Å². The minimum Gasteiger partial charge on any atom is -0.258 e. The summed E-state index contributed by atoms with van der Waals surface area (Å²) in [6.07, 6.45) is 1.71. The van der Waals surface area contributed by atoms with E-state index in [0.717, 1.165) is 0 Å². The molecule has 0 aliphatic heterocycles. The number of rotatable bonds is 4. The lowest BCUT2D eigenvalue weighted by Crippen LogP contribution is -2.00. The number of halogens is 2. The highest BCUT2D eigenvalue weighted by molar-refractivity contribution is 6.33. The fraction of sp³-hybridized carbons (Fsp3) is 0.176. The van der Waals surface area contributed by atoms with Crippen molar-refractivity contribution in [2.75, 3.05) is 0 Å². The molecule has 0 aliphatic rings. The van der Waals surface area contributed by atoms with E-state index in [1.165, 1.54) is 30.3 Å². The maximum atomic E-state index is 13.2. The highest BCUT2D eigenvalue weighted by Crippen LogP contribution is 2.26. The van der Waals surface area contributed by atoms with Crippen molar-refractivity contribution in [2.24, 2.45) is 15.9 Å². The molecule has 0 radical (unpaired) electrons. The zero-order chi connectivity index (χ0) is 17.7. The highest BCUT2D eigenvalue weighted by atomic mass is 35.5. The maximum Gasteiger partial charge on any atom is 0.269 e. The van der Waals surface area contributed by atoms with Crippen molar-refractivity contribution in [1.29, 1.82) is 0 Å². The normalized spacial score (nSPS) is 12.1. The average molecular weight is 348 g/mol. The Morgan fingerprint density at radius 3 is 2.46 bits per heavy atom. The van der Waals surface area contributed by atoms with E-state index in [4.69, 9.17) is 11.6 Å². The maximum absolute atomic E-state index is 13.2. The van der Waals surface area contributed by atoms with Gasteiger partial charge in [-0.3, -0.25) is 10.1 Å². The largest absolute Gasteiger partial charge is 0.269 e. The monoisotopic (exact) mass is 347 g/mol. The van der Waals surface area contributed by atoms with Gasteiger partial charge in [-0.1, -0.05) is 25.4 Å². The van der Waals surface area contributed by atoms with Crippen molar-refractivity contribution in [3.8, 4) is 0 Å². The van der Waals surface area contributed by atoms with Crippen molar-refractivity contribution in [3.05, 3.63) is 69.0 Å². The van der Waals surface area contributed by atoms with E-state index in [0.29, 0.717) is 17.1 Å². The van der Waals surface area contributed by atoms with Gasteiger partial charge in [0.1, 0.15) is 5.82 Å². The van der Waals surface area contributed by atoms with Crippen LogP contribution in [0.5, 0.6) is 0 Å². The minimum absolute atomic E-state index is 0.0225. The summed E-state index contributed by atoms with van der Waals surface area (Å²) in [5, 5.41) is 10.9. The highest BCUT2D eigenvalue weighted by Gasteiger charge is 2.09. The summed E-state index contributed by atoms with van der Waals surface area (Å²) in [4.78, 5) is 19.0. The van der Waals surface area contributed by atoms with E-state index < -0.39 is 10.7 Å². The topological polar surface area (TPSA) is 67.9 Å². The lowest BCUT2D eigenvalue weighted by atomic mass is 10.2. The molecule has 0 bridgehead atoms. The first kappa shape index (κ1) is 17.7. The fourth-order valence-electron chi connectivity index (χ4n) is 1.81. The number of nitrogens with zero attached hydrogens (tertiary/aromatic N) is 3. The van der Waals surface area contributed by atoms with E-state index in [2.05, 4.69) is 9.98 Å². The molecule has 0 fully saturated rings. The Labute approximate surface area is 143 Å². The number of benzene rings is 2. The molecule has 5 nitrogen and oxygen atoms in total. The first-order chi connectivity index (χ1) is 11.4. The molecule has 2 aromatic carbocycles. The number of nitro groups is 1. The smallest absolute Gasteiger partial charge is 0.258 e. The molecule has 0 aromatic heterocycles. The zero-order valence-corrected chi connectivity index (χ0v) is 13.9. The number of non-ortho nitro benzene ring substituents is 1. The quantitative estimate of drug-likeness (QED) is 0.330. The number of nitro benzene ring substituents is 1. The van der Waals surface area contributed by atoms with Gasteiger partial charge >= 0.3 is 0 Å². The molecule has 7 heteroatoms. The van der Waals surface area contributed by atoms with Crippen molar-refractivity contribution < 1.29 is 9.31 Å². The van der Waals surface area contributed by atoms with Gasteiger partial charge in [0, 0.05) is 23.9 Å². The summed E-state index contributed by atoms with van der Waals surface area (Å²) < 4.78 is 13.2. The summed E-state index contributed by atoms with van der Waals surface area (Å²) in [7, 11) is 0. The van der Waals surface area contributed by atoms with Crippen LogP contribution >= 0.6 is 11.6 Å². The van der Waals surface area contributed by atoms with Crippen LogP contribution in [0, 0.1) is 21.8 Å². The lowest BCUT2D eigenvalue weighted by molar-refractivity contribution is -0.384. The van der Waals surface area contributed by atoms with Gasteiger partial charge in [-0.25, -0.2) is 14.4 Å². The molecule has 0 aliphatic carbocycles. The van der Waals surface area contributed by atoms with Crippen LogP contribution < -0.4 is 0 Å². The van der Waals surface area contributed by atoms with Gasteiger partial charge in [-0.2, -0.15) is 0 Å². The average Bonchev–Trinajstić information content (AvgIpc) is 2.53. The van der Waals surface area contributed by atoms with Crippen LogP contribution in [0.3, 0.4) is 0 Å². The molecule has 2 aromatic rings. The van der Waals surface area contributed by atoms with Gasteiger partial charge in [-0.15, -0.1) is 0 Å². The Bertz CT molecular complexity index is 802. The third-order valence-corrected chi connectivity index (χ3v) is 3.27. The molecule has 0 atom stereocenters. The Morgan fingerprint density at radius 2 is 1.92 bits per heavy atom. The van der Waals surface area contributed by atoms with Crippen molar-refractivity contribution in [3.63, 3.8) is 0 Å². The molecule has 124 valence electrons. The van der Waals surface area contributed by atoms with Crippen LogP contribution in [0.4, 0.5) is 15.8 Å². The SMILES string of the molecule is CC(C)/C=N/C(=Nc1ccc(F)cc1Cl)c1ccc([N+](=O)[O-])cc1. The van der Waals surface area contributed by atoms with E-state index in [1.54, 1.807) is 18.3 Å². The van der Waals surface area contributed by atoms with E-state index in [9.17, 15) is 14.5 Å². The van der Waals surface area contributed by atoms with Gasteiger partial charge in [0.25, 0.3) is 5.69 Å². The molecule has 0 amide bonds. The lowest BCUT2D eigenvalue weighted by Gasteiger charge is -2.04. The molecule has 0 spiro atoms. The number of hydrogen-bond donors (Lipinski definition) is 0. The summed E-state index contributed by atoms with van der Waals surface area (Å²) in [5.41, 5.74) is 0.941. The summed E-state index contributed by atoms with van der Waals surface area (Å²) in [5.74, 6) is 0.0746. The third-order valence-electron chi connectivity index (χ3n) is 2.97. The van der Waals surface area contributed by atoms with Gasteiger partial charge in [0.15, 0.2) is 5.84 Å². The first-order valence-electron chi connectivity index (χ1n) is 7.19. The third kappa shape index (κ3) is 4.70. The summed E-state index contributed by atoms with van der Waals surface area (Å²) >= 11 is 6.00. The molecule has 0 saturated heterocycles. The molecule has 0 unspecified atom stereocenters. The molecular formula is C17H15ClFN3O2. The van der Waals surface area contributed by atoms with Crippen LogP contribution in [-0.2, 0) is 0 Å². The van der Waals surface area contributed by atoms with E-state index in [1.807, 2.05) is 13.8 Å². The first-order valence-corrected chi connectivity index (χ1v) is 7.57. The summed E-state index contributed by atoms with van der Waals surface area (Å²) in [6, 6.07) is 9.75. The Hall–Kier alpha value is -2.60. The summed E-state index contributed by atoms with van der Waals surface area (Å²) in [6.45, 7) is 3.92. The molecular weight excluding hydrogens is 333 g/mol. The molecule has 0 saturated carbocycles. The van der Waals surface area contributed by atoms with Gasteiger partial charge in [0.2, 0.25) is 0 Å². The number of amidine groups is 1. The van der Waals surface area contributed by atoms with Gasteiger partial charge in [0.05, 0.1) is 15.6 Å². The van der Waals surface area contributed by atoms with Gasteiger partial charge in [-0.05, 0) is 36.2 Å². The predicted molar refractivity (Wildman–Crippen MR) is 94.0 cm³/mol. The second-order valence-corrected chi connectivity index (χ2v) is 5.76. The molecule has 24 heavy (non-hydrogen) atoms. The van der Waals surface area contributed by atoms with Crippen molar-refractivity contribution in [2.45, 2.75) is 13.8 Å². The van der Waals surface area contributed by atoms with Crippen LogP contribution in [0.15, 0.2) is 52.4 Å². The Kier molecular flexibility index (Phi) is 5.76. The van der Waals surface area contributed by atoms with Crippen LogP contribution in [0.25, 0.3) is 0 Å². The second kappa shape index (κ2) is 7.79. The molecule has 0 N–H and O–H groups in total.